The van der Waals surface area contributed by atoms with Gasteiger partial charge in [0.2, 0.25) is 0 Å². The summed E-state index contributed by atoms with van der Waals surface area (Å²) in [5.74, 6) is 2.78. The largest absolute Gasteiger partial charge is 0.493 e. The Morgan fingerprint density at radius 2 is 1.98 bits per heavy atom. The lowest BCUT2D eigenvalue weighted by Crippen LogP contribution is -2.65. The van der Waals surface area contributed by atoms with Gasteiger partial charge in [-0.05, 0) is 107 Å². The Morgan fingerprint density at radius 1 is 1.17 bits per heavy atom. The molecule has 41 heavy (non-hydrogen) atoms. The molecule has 216 valence electrons. The van der Waals surface area contributed by atoms with Crippen molar-refractivity contribution in [3.05, 3.63) is 88.2 Å². The van der Waals surface area contributed by atoms with Gasteiger partial charge in [-0.1, -0.05) is 35.9 Å². The lowest BCUT2D eigenvalue weighted by molar-refractivity contribution is -0.138. The molecule has 0 radical (unpaired) electrons. The second-order valence-corrected chi connectivity index (χ2v) is 12.7. The van der Waals surface area contributed by atoms with Gasteiger partial charge in [0.25, 0.3) is 0 Å². The molecule has 2 fully saturated rings. The number of aromatic nitrogens is 1. The fourth-order valence-electron chi connectivity index (χ4n) is 7.82. The Labute approximate surface area is 248 Å². The highest BCUT2D eigenvalue weighted by molar-refractivity contribution is 6.30. The SMILES string of the molecule is CN(C)CC[C@H](c1ccc(Cl)cc1)c1ccccn1.COc1ccc2c3c1O[C@H]1C(=O)CC[C@H]4[C@@H](C2)N(C)CC[C@]314. The number of likely N-dealkylation sites (N-methyl/N-ethyl adjacent to an activating group) is 1. The lowest BCUT2D eigenvalue weighted by Gasteiger charge is -2.57. The van der Waals surface area contributed by atoms with Crippen molar-refractivity contribution >= 4 is 17.4 Å². The van der Waals surface area contributed by atoms with Crippen LogP contribution in [0.15, 0.2) is 60.8 Å². The summed E-state index contributed by atoms with van der Waals surface area (Å²) >= 11 is 5.97. The fraction of sp³-hybridized carbons (Fsp3) is 0.471. The van der Waals surface area contributed by atoms with Crippen molar-refractivity contribution in [2.45, 2.75) is 55.6 Å². The van der Waals surface area contributed by atoms with Gasteiger partial charge in [0.05, 0.1) is 7.11 Å². The average Bonchev–Trinajstić information content (AvgIpc) is 3.33. The van der Waals surface area contributed by atoms with Crippen LogP contribution in [0.5, 0.6) is 11.5 Å². The minimum atomic E-state index is -0.284. The van der Waals surface area contributed by atoms with Crippen LogP contribution in [0, 0.1) is 5.92 Å². The second-order valence-electron chi connectivity index (χ2n) is 12.2. The first-order valence-electron chi connectivity index (χ1n) is 14.7. The minimum absolute atomic E-state index is 0.0933. The summed E-state index contributed by atoms with van der Waals surface area (Å²) in [5, 5.41) is 0.774. The van der Waals surface area contributed by atoms with Crippen LogP contribution in [0.4, 0.5) is 0 Å². The van der Waals surface area contributed by atoms with E-state index in [0.717, 1.165) is 61.0 Å². The van der Waals surface area contributed by atoms with E-state index in [2.05, 4.69) is 60.2 Å². The van der Waals surface area contributed by atoms with Crippen LogP contribution in [0.2, 0.25) is 5.02 Å². The summed E-state index contributed by atoms with van der Waals surface area (Å²) in [5.41, 5.74) is 4.96. The Hall–Kier alpha value is -2.93. The van der Waals surface area contributed by atoms with Crippen molar-refractivity contribution in [3.8, 4) is 11.5 Å². The Balaban J connectivity index is 0.000000150. The molecule has 4 aliphatic rings. The van der Waals surface area contributed by atoms with Crippen molar-refractivity contribution in [3.63, 3.8) is 0 Å². The van der Waals surface area contributed by atoms with E-state index in [0.29, 0.717) is 24.3 Å². The number of rotatable bonds is 6. The molecule has 7 rings (SSSR count). The molecule has 2 aromatic carbocycles. The number of benzene rings is 2. The van der Waals surface area contributed by atoms with Crippen molar-refractivity contribution in [1.29, 1.82) is 0 Å². The van der Waals surface area contributed by atoms with Crippen molar-refractivity contribution < 1.29 is 14.3 Å². The number of hydrogen-bond acceptors (Lipinski definition) is 6. The number of Topliss-reactive ketones (excluding diaryl/α,β-unsaturated/α-hetero) is 1. The predicted octanol–water partition coefficient (Wildman–Crippen LogP) is 5.75. The summed E-state index contributed by atoms with van der Waals surface area (Å²) < 4.78 is 11.8. The second kappa shape index (κ2) is 11.4. The number of likely N-dealkylation sites (tertiary alicyclic amines) is 1. The molecule has 1 saturated carbocycles. The zero-order chi connectivity index (χ0) is 28.7. The van der Waals surface area contributed by atoms with Crippen molar-refractivity contribution in [1.82, 2.24) is 14.8 Å². The lowest BCUT2D eigenvalue weighted by atomic mass is 9.52. The summed E-state index contributed by atoms with van der Waals surface area (Å²) in [6.07, 6.45) is 6.37. The first-order chi connectivity index (χ1) is 19.8. The van der Waals surface area contributed by atoms with Gasteiger partial charge < -0.3 is 19.3 Å². The monoisotopic (exact) mass is 573 g/mol. The number of hydrogen-bond donors (Lipinski definition) is 0. The van der Waals surface area contributed by atoms with E-state index in [4.69, 9.17) is 21.1 Å². The summed E-state index contributed by atoms with van der Waals surface area (Å²) in [4.78, 5) is 21.8. The van der Waals surface area contributed by atoms with Gasteiger partial charge in [-0.25, -0.2) is 0 Å². The first-order valence-corrected chi connectivity index (χ1v) is 15.1. The van der Waals surface area contributed by atoms with Crippen LogP contribution < -0.4 is 9.47 Å². The maximum Gasteiger partial charge on any atom is 0.174 e. The van der Waals surface area contributed by atoms with E-state index in [9.17, 15) is 4.79 Å². The van der Waals surface area contributed by atoms with Crippen LogP contribution in [0.1, 0.15) is 54.0 Å². The van der Waals surface area contributed by atoms with Crippen LogP contribution >= 0.6 is 11.6 Å². The first kappa shape index (κ1) is 28.2. The van der Waals surface area contributed by atoms with Crippen molar-refractivity contribution in [2.75, 3.05) is 41.3 Å². The number of piperidine rings is 1. The number of pyridine rings is 1. The zero-order valence-electron chi connectivity index (χ0n) is 24.5. The topological polar surface area (TPSA) is 54.9 Å². The zero-order valence-corrected chi connectivity index (χ0v) is 25.2. The molecular formula is C34H40ClN3O3. The Kier molecular flexibility index (Phi) is 7.84. The van der Waals surface area contributed by atoms with E-state index >= 15 is 0 Å². The minimum Gasteiger partial charge on any atom is -0.493 e. The van der Waals surface area contributed by atoms with Gasteiger partial charge in [0.15, 0.2) is 23.4 Å². The van der Waals surface area contributed by atoms with E-state index in [1.807, 2.05) is 36.5 Å². The normalized spacial score (nSPS) is 26.5. The molecule has 3 heterocycles. The summed E-state index contributed by atoms with van der Waals surface area (Å²) in [7, 11) is 8.10. The Bertz CT molecular complexity index is 1400. The molecule has 0 N–H and O–H groups in total. The molecule has 2 aliphatic carbocycles. The smallest absolute Gasteiger partial charge is 0.174 e. The molecule has 0 amide bonds. The maximum absolute atomic E-state index is 12.6. The van der Waals surface area contributed by atoms with Gasteiger partial charge in [0.1, 0.15) is 0 Å². The molecule has 1 saturated heterocycles. The van der Waals surface area contributed by atoms with Crippen LogP contribution in [-0.2, 0) is 16.6 Å². The quantitative estimate of drug-likeness (QED) is 0.374. The van der Waals surface area contributed by atoms with Crippen LogP contribution in [-0.4, -0.2) is 74.1 Å². The molecular weight excluding hydrogens is 534 g/mol. The molecule has 3 aromatic rings. The highest BCUT2D eigenvalue weighted by Gasteiger charge is 2.65. The summed E-state index contributed by atoms with van der Waals surface area (Å²) in [6.45, 7) is 2.08. The molecule has 1 aromatic heterocycles. The molecule has 0 unspecified atom stereocenters. The maximum atomic E-state index is 12.6. The number of methoxy groups -OCH3 is 1. The molecule has 2 bridgehead atoms. The molecule has 2 aliphatic heterocycles. The van der Waals surface area contributed by atoms with E-state index in [1.165, 1.54) is 16.7 Å². The number of carbonyl (C=O) groups is 1. The number of nitrogens with zero attached hydrogens (tertiary/aromatic N) is 3. The highest BCUT2D eigenvalue weighted by Crippen LogP contribution is 2.63. The molecule has 5 atom stereocenters. The molecule has 1 spiro atoms. The predicted molar refractivity (Wildman–Crippen MR) is 162 cm³/mol. The van der Waals surface area contributed by atoms with Gasteiger partial charge >= 0.3 is 0 Å². The summed E-state index contributed by atoms with van der Waals surface area (Å²) in [6, 6.07) is 18.9. The highest BCUT2D eigenvalue weighted by atomic mass is 35.5. The number of ether oxygens (including phenoxy) is 2. The number of halogens is 1. The number of carbonyl (C=O) groups excluding carboxylic acids is 1. The van der Waals surface area contributed by atoms with Gasteiger partial charge in [-0.15, -0.1) is 0 Å². The van der Waals surface area contributed by atoms with E-state index < -0.39 is 0 Å². The third kappa shape index (κ3) is 4.94. The van der Waals surface area contributed by atoms with Gasteiger partial charge in [0, 0.05) is 46.3 Å². The third-order valence-electron chi connectivity index (χ3n) is 9.77. The molecule has 6 nitrogen and oxygen atoms in total. The number of ketones is 1. The van der Waals surface area contributed by atoms with Crippen LogP contribution in [0.25, 0.3) is 0 Å². The fourth-order valence-corrected chi connectivity index (χ4v) is 7.95. The third-order valence-corrected chi connectivity index (χ3v) is 10.0. The Morgan fingerprint density at radius 3 is 2.68 bits per heavy atom. The van der Waals surface area contributed by atoms with E-state index in [-0.39, 0.29) is 17.3 Å². The van der Waals surface area contributed by atoms with Crippen molar-refractivity contribution in [2.24, 2.45) is 5.92 Å². The average molecular weight is 574 g/mol. The van der Waals surface area contributed by atoms with Crippen LogP contribution in [0.3, 0.4) is 0 Å². The standard InChI is InChI=1S/C18H21NO3.C16H19ClN2/c1-19-8-7-18-11-4-5-13(20)17(18)22-16-14(21-2)6-3-10(15(16)18)9-12(11)19;1-19(2)12-10-15(16-5-3-4-11-18-16)13-6-8-14(17)9-7-13/h3,6,11-12,17H,4-5,7-9H2,1-2H3;3-9,11,15H,10,12H2,1-2H3/t11-,12+,17-,18-;15-/m01/s1. The van der Waals surface area contributed by atoms with Gasteiger partial charge in [-0.2, -0.15) is 0 Å². The van der Waals surface area contributed by atoms with Gasteiger partial charge in [-0.3, -0.25) is 9.78 Å². The van der Waals surface area contributed by atoms with E-state index in [1.54, 1.807) is 7.11 Å². The molecule has 7 heteroatoms.